The summed E-state index contributed by atoms with van der Waals surface area (Å²) < 4.78 is 11.3. The summed E-state index contributed by atoms with van der Waals surface area (Å²) in [4.78, 5) is 27.6. The minimum Gasteiger partial charge on any atom is -0.508 e. The van der Waals surface area contributed by atoms with Gasteiger partial charge in [0.25, 0.3) is 11.7 Å². The molecule has 37 heavy (non-hydrogen) atoms. The van der Waals surface area contributed by atoms with Crippen molar-refractivity contribution in [2.75, 3.05) is 0 Å². The van der Waals surface area contributed by atoms with Crippen molar-refractivity contribution in [1.29, 1.82) is 0 Å². The van der Waals surface area contributed by atoms with Crippen LogP contribution in [0.15, 0.2) is 101 Å². The second kappa shape index (κ2) is 10.1. The van der Waals surface area contributed by atoms with E-state index in [-0.39, 0.29) is 23.6 Å². The maximum absolute atomic E-state index is 13.1. The number of benzene rings is 3. The first-order valence-electron chi connectivity index (χ1n) is 11.8. The summed E-state index contributed by atoms with van der Waals surface area (Å²) in [6.45, 7) is 2.46. The van der Waals surface area contributed by atoms with Crippen LogP contribution in [0.4, 0.5) is 0 Å². The van der Waals surface area contributed by atoms with Crippen molar-refractivity contribution in [3.63, 3.8) is 0 Å². The lowest BCUT2D eigenvalue weighted by molar-refractivity contribution is -0.140. The Labute approximate surface area is 213 Å². The zero-order valence-corrected chi connectivity index (χ0v) is 20.1. The quantitative estimate of drug-likeness (QED) is 0.200. The number of phenols is 1. The van der Waals surface area contributed by atoms with E-state index in [4.69, 9.17) is 9.15 Å². The Kier molecular flexibility index (Phi) is 6.51. The molecule has 1 saturated heterocycles. The van der Waals surface area contributed by atoms with Crippen LogP contribution in [0.2, 0.25) is 0 Å². The number of hydrogen-bond acceptors (Lipinski definition) is 6. The number of amides is 1. The van der Waals surface area contributed by atoms with E-state index in [1.54, 1.807) is 48.5 Å². The van der Waals surface area contributed by atoms with Crippen molar-refractivity contribution in [3.05, 3.63) is 125 Å². The summed E-state index contributed by atoms with van der Waals surface area (Å²) >= 11 is 0. The molecule has 1 aliphatic rings. The first kappa shape index (κ1) is 23.9. The monoisotopic (exact) mass is 495 g/mol. The number of carbonyl (C=O) groups excluding carboxylic acids is 2. The van der Waals surface area contributed by atoms with Crippen LogP contribution in [-0.2, 0) is 22.7 Å². The molecule has 2 heterocycles. The lowest BCUT2D eigenvalue weighted by Gasteiger charge is -2.24. The normalized spacial score (nSPS) is 16.8. The maximum atomic E-state index is 13.1. The molecule has 3 aromatic carbocycles. The number of furan rings is 1. The summed E-state index contributed by atoms with van der Waals surface area (Å²) in [6.07, 6.45) is 1.49. The van der Waals surface area contributed by atoms with Gasteiger partial charge in [0.05, 0.1) is 24.4 Å². The molecule has 1 aliphatic heterocycles. The van der Waals surface area contributed by atoms with Gasteiger partial charge >= 0.3 is 0 Å². The van der Waals surface area contributed by atoms with Gasteiger partial charge in [-0.3, -0.25) is 9.59 Å². The van der Waals surface area contributed by atoms with Crippen LogP contribution >= 0.6 is 0 Å². The molecule has 186 valence electrons. The number of hydrogen-bond donors (Lipinski definition) is 2. The second-order valence-corrected chi connectivity index (χ2v) is 8.90. The second-order valence-electron chi connectivity index (χ2n) is 8.90. The van der Waals surface area contributed by atoms with Crippen LogP contribution in [-0.4, -0.2) is 26.8 Å². The number of Topliss-reactive ketones (excluding diaryl/α,β-unsaturated/α-hetero) is 1. The Hall–Kier alpha value is -4.78. The van der Waals surface area contributed by atoms with Crippen molar-refractivity contribution in [1.82, 2.24) is 4.90 Å². The molecule has 1 amide bonds. The van der Waals surface area contributed by atoms with E-state index in [1.807, 2.05) is 31.2 Å². The van der Waals surface area contributed by atoms with E-state index in [0.717, 1.165) is 11.1 Å². The number of phenolic OH excluding ortho intramolecular Hbond substituents is 1. The number of likely N-dealkylation sites (tertiary alicyclic amines) is 1. The van der Waals surface area contributed by atoms with Gasteiger partial charge in [0, 0.05) is 5.56 Å². The molecule has 2 N–H and O–H groups in total. The molecule has 0 bridgehead atoms. The molecule has 0 radical (unpaired) electrons. The summed E-state index contributed by atoms with van der Waals surface area (Å²) in [5.41, 5.74) is 3.10. The molecule has 7 nitrogen and oxygen atoms in total. The fourth-order valence-electron chi connectivity index (χ4n) is 4.45. The van der Waals surface area contributed by atoms with Crippen LogP contribution in [0.5, 0.6) is 11.5 Å². The van der Waals surface area contributed by atoms with Gasteiger partial charge < -0.3 is 24.3 Å². The first-order chi connectivity index (χ1) is 17.9. The van der Waals surface area contributed by atoms with Crippen LogP contribution in [0.25, 0.3) is 5.76 Å². The summed E-state index contributed by atoms with van der Waals surface area (Å²) in [7, 11) is 0. The third-order valence-corrected chi connectivity index (χ3v) is 6.27. The van der Waals surface area contributed by atoms with Crippen molar-refractivity contribution >= 4 is 17.4 Å². The van der Waals surface area contributed by atoms with Crippen molar-refractivity contribution in [3.8, 4) is 11.5 Å². The van der Waals surface area contributed by atoms with Crippen LogP contribution in [0.1, 0.15) is 34.1 Å². The largest absolute Gasteiger partial charge is 0.508 e. The Morgan fingerprint density at radius 1 is 0.973 bits per heavy atom. The van der Waals surface area contributed by atoms with Gasteiger partial charge in [-0.05, 0) is 66.6 Å². The first-order valence-corrected chi connectivity index (χ1v) is 11.8. The Morgan fingerprint density at radius 2 is 1.73 bits per heavy atom. The van der Waals surface area contributed by atoms with Crippen molar-refractivity contribution in [2.24, 2.45) is 0 Å². The molecule has 5 rings (SSSR count). The zero-order valence-electron chi connectivity index (χ0n) is 20.1. The van der Waals surface area contributed by atoms with Gasteiger partial charge in [0.2, 0.25) is 0 Å². The van der Waals surface area contributed by atoms with Gasteiger partial charge in [-0.15, -0.1) is 0 Å². The Morgan fingerprint density at radius 3 is 2.41 bits per heavy atom. The zero-order chi connectivity index (χ0) is 25.9. The maximum Gasteiger partial charge on any atom is 0.296 e. The van der Waals surface area contributed by atoms with E-state index < -0.39 is 17.7 Å². The molecular weight excluding hydrogens is 470 g/mol. The van der Waals surface area contributed by atoms with E-state index in [9.17, 15) is 19.8 Å². The van der Waals surface area contributed by atoms with Crippen molar-refractivity contribution < 1.29 is 29.0 Å². The fourth-order valence-corrected chi connectivity index (χ4v) is 4.45. The van der Waals surface area contributed by atoms with Crippen LogP contribution < -0.4 is 4.74 Å². The van der Waals surface area contributed by atoms with Gasteiger partial charge in [-0.25, -0.2) is 0 Å². The smallest absolute Gasteiger partial charge is 0.296 e. The lowest BCUT2D eigenvalue weighted by atomic mass is 9.95. The van der Waals surface area contributed by atoms with Crippen LogP contribution in [0, 0.1) is 6.92 Å². The van der Waals surface area contributed by atoms with Gasteiger partial charge in [0.1, 0.15) is 29.6 Å². The molecule has 7 heteroatoms. The third kappa shape index (κ3) is 4.97. The molecule has 4 aromatic rings. The molecule has 1 fully saturated rings. The lowest BCUT2D eigenvalue weighted by Crippen LogP contribution is -2.29. The summed E-state index contributed by atoms with van der Waals surface area (Å²) in [5.74, 6) is -0.667. The van der Waals surface area contributed by atoms with Gasteiger partial charge in [0.15, 0.2) is 0 Å². The van der Waals surface area contributed by atoms with E-state index in [2.05, 4.69) is 0 Å². The number of aryl methyl sites for hydroxylation is 1. The minimum atomic E-state index is -0.858. The van der Waals surface area contributed by atoms with Gasteiger partial charge in [-0.2, -0.15) is 0 Å². The highest BCUT2D eigenvalue weighted by Gasteiger charge is 2.46. The predicted octanol–water partition coefficient (Wildman–Crippen LogP) is 5.49. The highest BCUT2D eigenvalue weighted by Crippen LogP contribution is 2.40. The number of nitrogens with zero attached hydrogens (tertiary/aromatic N) is 1. The van der Waals surface area contributed by atoms with E-state index >= 15 is 0 Å². The third-order valence-electron chi connectivity index (χ3n) is 6.27. The Balaban J connectivity index is 1.46. The number of aliphatic hydroxyl groups is 1. The Bertz CT molecular complexity index is 1450. The van der Waals surface area contributed by atoms with E-state index in [0.29, 0.717) is 29.2 Å². The number of ketones is 1. The number of rotatable bonds is 7. The molecule has 0 spiro atoms. The summed E-state index contributed by atoms with van der Waals surface area (Å²) in [6, 6.07) is 23.5. The average Bonchev–Trinajstić information content (AvgIpc) is 3.50. The SMILES string of the molecule is Cc1cccc(COc2ccc(C(O)=C3C(=O)C(=O)N(Cc4ccco4)C3c3ccc(O)cc3)cc2)c1. The number of ether oxygens (including phenoxy) is 1. The fraction of sp³-hybridized carbons (Fsp3) is 0.133. The minimum absolute atomic E-state index is 0.0318. The summed E-state index contributed by atoms with van der Waals surface area (Å²) in [5, 5.41) is 21.0. The molecular formula is C30H25NO6. The highest BCUT2D eigenvalue weighted by atomic mass is 16.5. The predicted molar refractivity (Wildman–Crippen MR) is 137 cm³/mol. The van der Waals surface area contributed by atoms with Gasteiger partial charge in [-0.1, -0.05) is 42.0 Å². The van der Waals surface area contributed by atoms with Crippen molar-refractivity contribution in [2.45, 2.75) is 26.1 Å². The van der Waals surface area contributed by atoms with Crippen LogP contribution in [0.3, 0.4) is 0 Å². The number of aliphatic hydroxyl groups excluding tert-OH is 1. The standard InChI is InChI=1S/C30H25NO6/c1-19-4-2-5-20(16-19)18-37-24-13-9-22(10-14-24)28(33)26-27(21-7-11-23(32)12-8-21)31(30(35)29(26)34)17-25-6-3-15-36-25/h2-16,27,32-33H,17-18H2,1H3. The topological polar surface area (TPSA) is 100 Å². The molecule has 0 saturated carbocycles. The average molecular weight is 496 g/mol. The molecule has 1 atom stereocenters. The molecule has 0 aliphatic carbocycles. The highest BCUT2D eigenvalue weighted by molar-refractivity contribution is 6.46. The number of aromatic hydroxyl groups is 1. The molecule has 1 unspecified atom stereocenters. The molecule has 1 aromatic heterocycles. The van der Waals surface area contributed by atoms with E-state index in [1.165, 1.54) is 23.3 Å². The number of carbonyl (C=O) groups is 2.